The molecule has 1 aromatic carbocycles. The molecule has 0 atom stereocenters. The Labute approximate surface area is 147 Å². The van der Waals surface area contributed by atoms with Gasteiger partial charge in [0.2, 0.25) is 0 Å². The van der Waals surface area contributed by atoms with Crippen molar-refractivity contribution in [1.82, 2.24) is 24.9 Å². The topological polar surface area (TPSA) is 90.9 Å². The van der Waals surface area contributed by atoms with Crippen molar-refractivity contribution in [1.29, 1.82) is 0 Å². The van der Waals surface area contributed by atoms with Gasteiger partial charge in [-0.1, -0.05) is 17.3 Å². The second-order valence-corrected chi connectivity index (χ2v) is 5.62. The van der Waals surface area contributed by atoms with E-state index in [-0.39, 0.29) is 12.4 Å². The van der Waals surface area contributed by atoms with E-state index in [0.29, 0.717) is 29.5 Å². The molecular weight excluding hydrogens is 339 g/mol. The van der Waals surface area contributed by atoms with Crippen LogP contribution in [0.4, 0.5) is 10.2 Å². The van der Waals surface area contributed by atoms with Gasteiger partial charge in [0.25, 0.3) is 0 Å². The van der Waals surface area contributed by atoms with Gasteiger partial charge in [0, 0.05) is 19.3 Å². The molecule has 0 aliphatic heterocycles. The number of ether oxygens (including phenoxy) is 1. The Kier molecular flexibility index (Phi) is 4.18. The molecule has 0 unspecified atom stereocenters. The lowest BCUT2D eigenvalue weighted by molar-refractivity contribution is 0.240. The second kappa shape index (κ2) is 6.79. The number of fused-ring (bicyclic) bond motifs is 1. The lowest BCUT2D eigenvalue weighted by Gasteiger charge is -2.04. The van der Waals surface area contributed by atoms with Crippen LogP contribution in [0, 0.1) is 5.82 Å². The van der Waals surface area contributed by atoms with E-state index >= 15 is 0 Å². The molecule has 0 aliphatic rings. The number of benzene rings is 1. The van der Waals surface area contributed by atoms with Gasteiger partial charge in [0.15, 0.2) is 23.0 Å². The Hall–Kier alpha value is -3.49. The number of para-hydroxylation sites is 1. The Morgan fingerprint density at radius 1 is 1.27 bits per heavy atom. The number of aromatic nitrogens is 5. The largest absolute Gasteiger partial charge is 0.482 e. The first kappa shape index (κ1) is 16.0. The smallest absolute Gasteiger partial charge is 0.186 e. The van der Waals surface area contributed by atoms with Gasteiger partial charge in [-0.3, -0.25) is 4.68 Å². The maximum absolute atomic E-state index is 13.5. The van der Waals surface area contributed by atoms with Gasteiger partial charge in [0.05, 0.1) is 11.9 Å². The summed E-state index contributed by atoms with van der Waals surface area (Å²) in [5, 5.41) is 12.2. The van der Waals surface area contributed by atoms with Crippen LogP contribution in [0.2, 0.25) is 0 Å². The van der Waals surface area contributed by atoms with Crippen LogP contribution in [0.15, 0.2) is 47.4 Å². The van der Waals surface area contributed by atoms with Crippen molar-refractivity contribution in [2.24, 2.45) is 7.05 Å². The lowest BCUT2D eigenvalue weighted by Crippen LogP contribution is -2.02. The highest BCUT2D eigenvalue weighted by Crippen LogP contribution is 2.19. The predicted molar refractivity (Wildman–Crippen MR) is 90.9 cm³/mol. The fourth-order valence-corrected chi connectivity index (χ4v) is 2.48. The number of rotatable bonds is 6. The summed E-state index contributed by atoms with van der Waals surface area (Å²) in [5.41, 5.74) is 1.29. The number of halogens is 1. The second-order valence-electron chi connectivity index (χ2n) is 5.62. The van der Waals surface area contributed by atoms with Gasteiger partial charge in [-0.2, -0.15) is 5.10 Å². The number of hydrogen-bond donors (Lipinski definition) is 1. The number of hydrogen-bond acceptors (Lipinski definition) is 7. The Morgan fingerprint density at radius 2 is 2.15 bits per heavy atom. The third-order valence-corrected chi connectivity index (χ3v) is 3.68. The average molecular weight is 354 g/mol. The molecule has 3 heterocycles. The third kappa shape index (κ3) is 3.32. The van der Waals surface area contributed by atoms with E-state index in [1.54, 1.807) is 28.9 Å². The maximum Gasteiger partial charge on any atom is 0.186 e. The number of anilines is 1. The molecule has 1 N–H and O–H groups in total. The molecule has 0 radical (unpaired) electrons. The highest BCUT2D eigenvalue weighted by Gasteiger charge is 2.10. The van der Waals surface area contributed by atoms with E-state index in [9.17, 15) is 4.39 Å². The summed E-state index contributed by atoms with van der Waals surface area (Å²) in [7, 11) is 1.82. The van der Waals surface area contributed by atoms with E-state index in [2.05, 4.69) is 25.5 Å². The Morgan fingerprint density at radius 3 is 3.04 bits per heavy atom. The highest BCUT2D eigenvalue weighted by atomic mass is 19.1. The van der Waals surface area contributed by atoms with E-state index in [4.69, 9.17) is 9.26 Å². The summed E-state index contributed by atoms with van der Waals surface area (Å²) in [6.45, 7) is 0.499. The van der Waals surface area contributed by atoms with Crippen LogP contribution < -0.4 is 10.1 Å². The van der Waals surface area contributed by atoms with Crippen molar-refractivity contribution < 1.29 is 13.7 Å². The summed E-state index contributed by atoms with van der Waals surface area (Å²) < 4.78 is 25.8. The zero-order valence-corrected chi connectivity index (χ0v) is 13.9. The molecule has 0 fully saturated rings. The van der Waals surface area contributed by atoms with E-state index in [1.807, 2.05) is 13.2 Å². The van der Waals surface area contributed by atoms with Crippen LogP contribution in [0.3, 0.4) is 0 Å². The summed E-state index contributed by atoms with van der Waals surface area (Å²) in [4.78, 5) is 8.35. The molecule has 8 nitrogen and oxygen atoms in total. The first-order chi connectivity index (χ1) is 12.7. The predicted octanol–water partition coefficient (Wildman–Crippen LogP) is 2.68. The van der Waals surface area contributed by atoms with Gasteiger partial charge in [0.1, 0.15) is 24.4 Å². The highest BCUT2D eigenvalue weighted by molar-refractivity contribution is 5.85. The summed E-state index contributed by atoms with van der Waals surface area (Å²) in [6.07, 6.45) is 3.29. The molecule has 26 heavy (non-hydrogen) atoms. The van der Waals surface area contributed by atoms with E-state index in [1.165, 1.54) is 12.4 Å². The normalized spacial score (nSPS) is 11.0. The first-order valence-electron chi connectivity index (χ1n) is 7.89. The van der Waals surface area contributed by atoms with Gasteiger partial charge >= 0.3 is 0 Å². The lowest BCUT2D eigenvalue weighted by atomic mass is 10.3. The zero-order valence-electron chi connectivity index (χ0n) is 13.9. The minimum Gasteiger partial charge on any atom is -0.482 e. The van der Waals surface area contributed by atoms with Crippen LogP contribution in [-0.2, 0) is 20.2 Å². The summed E-state index contributed by atoms with van der Waals surface area (Å²) >= 11 is 0. The Bertz CT molecular complexity index is 1040. The van der Waals surface area contributed by atoms with E-state index in [0.717, 1.165) is 5.39 Å². The van der Waals surface area contributed by atoms with E-state index < -0.39 is 5.82 Å². The molecule has 9 heteroatoms. The van der Waals surface area contributed by atoms with Crippen molar-refractivity contribution in [3.8, 4) is 5.75 Å². The summed E-state index contributed by atoms with van der Waals surface area (Å²) in [5.74, 6) is 0.913. The minimum atomic E-state index is -0.418. The Balaban J connectivity index is 1.40. The molecule has 0 spiro atoms. The minimum absolute atomic E-state index is 0.0916. The quantitative estimate of drug-likeness (QED) is 0.569. The van der Waals surface area contributed by atoms with Crippen LogP contribution in [0.25, 0.3) is 11.0 Å². The van der Waals surface area contributed by atoms with Crippen LogP contribution >= 0.6 is 0 Å². The fourth-order valence-electron chi connectivity index (χ4n) is 2.48. The van der Waals surface area contributed by atoms with Crippen molar-refractivity contribution in [3.63, 3.8) is 0 Å². The zero-order chi connectivity index (χ0) is 17.9. The monoisotopic (exact) mass is 354 g/mol. The molecule has 0 bridgehead atoms. The van der Waals surface area contributed by atoms with Crippen molar-refractivity contribution in [2.75, 3.05) is 5.32 Å². The third-order valence-electron chi connectivity index (χ3n) is 3.68. The number of nitrogens with one attached hydrogen (secondary N) is 1. The standard InChI is InChI=1S/C17H15FN6O2/c1-24-8-13-16(20-10-21-17(13)22-24)19-7-11-6-12(26-23-11)9-25-15-5-3-2-4-14(15)18/h2-6,8,10H,7,9H2,1H3,(H,19,20,21,22). The molecule has 0 saturated carbocycles. The van der Waals surface area contributed by atoms with Crippen molar-refractivity contribution in [3.05, 3.63) is 60.1 Å². The van der Waals surface area contributed by atoms with Crippen molar-refractivity contribution >= 4 is 16.9 Å². The van der Waals surface area contributed by atoms with Gasteiger partial charge in [-0.05, 0) is 12.1 Å². The van der Waals surface area contributed by atoms with Crippen LogP contribution in [-0.4, -0.2) is 24.9 Å². The van der Waals surface area contributed by atoms with Gasteiger partial charge in [-0.15, -0.1) is 0 Å². The van der Waals surface area contributed by atoms with Gasteiger partial charge in [-0.25, -0.2) is 14.4 Å². The molecule has 4 aromatic rings. The summed E-state index contributed by atoms with van der Waals surface area (Å²) in [6, 6.07) is 7.95. The molecule has 0 amide bonds. The van der Waals surface area contributed by atoms with Crippen molar-refractivity contribution in [2.45, 2.75) is 13.2 Å². The number of nitrogens with zero attached hydrogens (tertiary/aromatic N) is 5. The molecule has 4 rings (SSSR count). The van der Waals surface area contributed by atoms with Crippen LogP contribution in [0.1, 0.15) is 11.5 Å². The van der Waals surface area contributed by atoms with Crippen LogP contribution in [0.5, 0.6) is 5.75 Å². The fraction of sp³-hybridized carbons (Fsp3) is 0.176. The number of aryl methyl sites for hydroxylation is 1. The average Bonchev–Trinajstić information content (AvgIpc) is 3.25. The molecule has 0 saturated heterocycles. The molecule has 3 aromatic heterocycles. The molecule has 0 aliphatic carbocycles. The maximum atomic E-state index is 13.5. The molecular formula is C17H15FN6O2. The first-order valence-corrected chi connectivity index (χ1v) is 7.89. The SMILES string of the molecule is Cn1cc2c(NCc3cc(COc4ccccc4F)on3)ncnc2n1. The van der Waals surface area contributed by atoms with Gasteiger partial charge < -0.3 is 14.6 Å². The molecule has 132 valence electrons.